The minimum Gasteiger partial charge on any atom is -0.356 e. The van der Waals surface area contributed by atoms with Gasteiger partial charge in [-0.2, -0.15) is 0 Å². The van der Waals surface area contributed by atoms with E-state index < -0.39 is 0 Å². The second kappa shape index (κ2) is 8.66. The molecule has 0 saturated heterocycles. The van der Waals surface area contributed by atoms with E-state index in [9.17, 15) is 0 Å². The number of rotatable bonds is 5. The maximum absolute atomic E-state index is 6.04. The van der Waals surface area contributed by atoms with Crippen LogP contribution in [0.25, 0.3) is 0 Å². The molecule has 0 aliphatic heterocycles. The molecule has 1 heterocycles. The number of benzene rings is 1. The molecule has 0 atom stereocenters. The first-order chi connectivity index (χ1) is 11.0. The molecule has 2 rings (SSSR count). The summed E-state index contributed by atoms with van der Waals surface area (Å²) in [6, 6.07) is 5.83. The summed E-state index contributed by atoms with van der Waals surface area (Å²) in [6.07, 6.45) is 0.862. The molecule has 2 aromatic rings. The second-order valence-corrected chi connectivity index (χ2v) is 7.66. The van der Waals surface area contributed by atoms with Gasteiger partial charge in [0.05, 0.1) is 17.2 Å². The molecule has 0 amide bonds. The van der Waals surface area contributed by atoms with Gasteiger partial charge >= 0.3 is 0 Å². The second-order valence-electron chi connectivity index (χ2n) is 5.08. The van der Waals surface area contributed by atoms with Crippen LogP contribution in [-0.2, 0) is 13.0 Å². The van der Waals surface area contributed by atoms with E-state index in [1.165, 1.54) is 10.4 Å². The number of hydrogen-bond donors (Lipinski definition) is 2. The van der Waals surface area contributed by atoms with E-state index in [2.05, 4.69) is 36.5 Å². The number of hydrogen-bond acceptors (Lipinski definition) is 3. The van der Waals surface area contributed by atoms with Crippen molar-refractivity contribution >= 4 is 44.8 Å². The third kappa shape index (κ3) is 5.48. The van der Waals surface area contributed by atoms with Crippen LogP contribution >= 0.6 is 38.9 Å². The Kier molecular flexibility index (Phi) is 6.87. The number of thiazole rings is 1. The van der Waals surface area contributed by atoms with Crippen LogP contribution in [0.15, 0.2) is 27.7 Å². The fourth-order valence-corrected chi connectivity index (χ4v) is 3.69. The lowest BCUT2D eigenvalue weighted by Gasteiger charge is -2.12. The molecule has 4 nitrogen and oxygen atoms in total. The first kappa shape index (κ1) is 18.2. The highest BCUT2D eigenvalue weighted by molar-refractivity contribution is 9.10. The number of nitrogens with zero attached hydrogens (tertiary/aromatic N) is 2. The van der Waals surface area contributed by atoms with Crippen molar-refractivity contribution in [3.8, 4) is 0 Å². The van der Waals surface area contributed by atoms with Crippen LogP contribution in [0.2, 0.25) is 5.02 Å². The van der Waals surface area contributed by atoms with Crippen molar-refractivity contribution in [2.75, 3.05) is 13.6 Å². The first-order valence-electron chi connectivity index (χ1n) is 7.31. The zero-order chi connectivity index (χ0) is 16.8. The van der Waals surface area contributed by atoms with Crippen LogP contribution < -0.4 is 10.6 Å². The summed E-state index contributed by atoms with van der Waals surface area (Å²) in [4.78, 5) is 9.93. The third-order valence-electron chi connectivity index (χ3n) is 3.33. The van der Waals surface area contributed by atoms with Gasteiger partial charge in [0.25, 0.3) is 0 Å². The van der Waals surface area contributed by atoms with E-state index in [-0.39, 0.29) is 0 Å². The van der Waals surface area contributed by atoms with E-state index in [1.54, 1.807) is 18.4 Å². The van der Waals surface area contributed by atoms with Crippen LogP contribution in [0.4, 0.5) is 0 Å². The molecule has 0 aliphatic rings. The predicted molar refractivity (Wildman–Crippen MR) is 103 cm³/mol. The van der Waals surface area contributed by atoms with E-state index >= 15 is 0 Å². The smallest absolute Gasteiger partial charge is 0.191 e. The number of guanidine groups is 1. The Hall–Kier alpha value is -1.11. The Morgan fingerprint density at radius 2 is 2.13 bits per heavy atom. The van der Waals surface area contributed by atoms with Crippen LogP contribution in [0.3, 0.4) is 0 Å². The summed E-state index contributed by atoms with van der Waals surface area (Å²) in [6.45, 7) is 5.57. The average Bonchev–Trinajstić information content (AvgIpc) is 2.84. The van der Waals surface area contributed by atoms with Gasteiger partial charge in [0.2, 0.25) is 0 Å². The summed E-state index contributed by atoms with van der Waals surface area (Å²) in [5, 5.41) is 8.49. The van der Waals surface area contributed by atoms with Crippen molar-refractivity contribution in [3.63, 3.8) is 0 Å². The Morgan fingerprint density at radius 3 is 2.78 bits per heavy atom. The molecule has 0 fully saturated rings. The number of halogens is 2. The van der Waals surface area contributed by atoms with Crippen molar-refractivity contribution in [1.82, 2.24) is 15.6 Å². The Morgan fingerprint density at radius 1 is 1.35 bits per heavy atom. The summed E-state index contributed by atoms with van der Waals surface area (Å²) >= 11 is 11.3. The number of aromatic nitrogens is 1. The molecule has 0 saturated carbocycles. The van der Waals surface area contributed by atoms with Gasteiger partial charge in [0, 0.05) is 28.0 Å². The van der Waals surface area contributed by atoms with E-state index in [0.29, 0.717) is 0 Å². The van der Waals surface area contributed by atoms with Gasteiger partial charge in [-0.1, -0.05) is 27.5 Å². The Bertz CT molecular complexity index is 699. The van der Waals surface area contributed by atoms with Crippen LogP contribution in [0.1, 0.15) is 21.1 Å². The minimum absolute atomic E-state index is 0.734. The van der Waals surface area contributed by atoms with Gasteiger partial charge in [-0.05, 0) is 44.0 Å². The molecule has 2 N–H and O–H groups in total. The van der Waals surface area contributed by atoms with Gasteiger partial charge in [0.15, 0.2) is 5.96 Å². The Labute approximate surface area is 154 Å². The van der Waals surface area contributed by atoms with Gasteiger partial charge in [-0.25, -0.2) is 4.98 Å². The summed E-state index contributed by atoms with van der Waals surface area (Å²) < 4.78 is 1.07. The first-order valence-corrected chi connectivity index (χ1v) is 9.29. The van der Waals surface area contributed by atoms with Crippen molar-refractivity contribution in [2.24, 2.45) is 4.99 Å². The van der Waals surface area contributed by atoms with E-state index in [1.807, 2.05) is 32.0 Å². The normalized spacial score (nSPS) is 11.6. The fraction of sp³-hybridized carbons (Fsp3) is 0.375. The van der Waals surface area contributed by atoms with Gasteiger partial charge in [-0.15, -0.1) is 11.3 Å². The highest BCUT2D eigenvalue weighted by Gasteiger charge is 2.06. The molecule has 7 heteroatoms. The molecule has 0 radical (unpaired) electrons. The molecule has 23 heavy (non-hydrogen) atoms. The molecule has 124 valence electrons. The maximum atomic E-state index is 6.04. The molecule has 0 unspecified atom stereocenters. The third-order valence-corrected chi connectivity index (χ3v) is 5.42. The number of aliphatic imine (C=N–C) groups is 1. The molecule has 1 aromatic heterocycles. The minimum atomic E-state index is 0.734. The zero-order valence-corrected chi connectivity index (χ0v) is 16.6. The lowest BCUT2D eigenvalue weighted by Crippen LogP contribution is -2.37. The molecule has 0 aliphatic carbocycles. The lowest BCUT2D eigenvalue weighted by molar-refractivity contribution is 0.795. The summed E-state index contributed by atoms with van der Waals surface area (Å²) in [5.41, 5.74) is 2.26. The SMILES string of the molecule is CN=C(NCCc1cc(Cl)ccc1Br)NCc1sc(C)nc1C. The lowest BCUT2D eigenvalue weighted by atomic mass is 10.1. The van der Waals surface area contributed by atoms with Crippen molar-refractivity contribution in [2.45, 2.75) is 26.8 Å². The molecule has 0 bridgehead atoms. The number of aryl methyl sites for hydroxylation is 2. The van der Waals surface area contributed by atoms with Crippen LogP contribution in [0.5, 0.6) is 0 Å². The summed E-state index contributed by atoms with van der Waals surface area (Å²) in [5.74, 6) is 0.786. The quantitative estimate of drug-likeness (QED) is 0.571. The standard InChI is InChI=1S/C16H20BrClN4S/c1-10-15(23-11(2)22-10)9-21-16(19-3)20-7-6-12-8-13(18)4-5-14(12)17/h4-5,8H,6-7,9H2,1-3H3,(H2,19,20,21). The van der Waals surface area contributed by atoms with E-state index in [4.69, 9.17) is 11.6 Å². The van der Waals surface area contributed by atoms with Crippen molar-refractivity contribution < 1.29 is 0 Å². The number of nitrogens with one attached hydrogen (secondary N) is 2. The van der Waals surface area contributed by atoms with Crippen LogP contribution in [0, 0.1) is 13.8 Å². The van der Waals surface area contributed by atoms with E-state index in [0.717, 1.165) is 45.7 Å². The van der Waals surface area contributed by atoms with Crippen LogP contribution in [-0.4, -0.2) is 24.5 Å². The van der Waals surface area contributed by atoms with Gasteiger partial charge in [-0.3, -0.25) is 4.99 Å². The summed E-state index contributed by atoms with van der Waals surface area (Å²) in [7, 11) is 1.77. The molecular formula is C16H20BrClN4S. The largest absolute Gasteiger partial charge is 0.356 e. The Balaban J connectivity index is 1.83. The zero-order valence-electron chi connectivity index (χ0n) is 13.4. The average molecular weight is 416 g/mol. The topological polar surface area (TPSA) is 49.3 Å². The predicted octanol–water partition coefficient (Wildman–Crippen LogP) is 4.08. The highest BCUT2D eigenvalue weighted by Crippen LogP contribution is 2.21. The maximum Gasteiger partial charge on any atom is 0.191 e. The highest BCUT2D eigenvalue weighted by atomic mass is 79.9. The van der Waals surface area contributed by atoms with Crippen molar-refractivity contribution in [3.05, 3.63) is 48.8 Å². The molecule has 1 aromatic carbocycles. The van der Waals surface area contributed by atoms with Gasteiger partial charge in [0.1, 0.15) is 0 Å². The molecular weight excluding hydrogens is 396 g/mol. The molecule has 0 spiro atoms. The van der Waals surface area contributed by atoms with Crippen molar-refractivity contribution in [1.29, 1.82) is 0 Å². The van der Waals surface area contributed by atoms with Gasteiger partial charge < -0.3 is 10.6 Å². The monoisotopic (exact) mass is 414 g/mol. The fourth-order valence-electron chi connectivity index (χ4n) is 2.17.